The Morgan fingerprint density at radius 2 is 1.97 bits per heavy atom. The first kappa shape index (κ1) is 22.7. The number of fused-ring (bicyclic) bond motifs is 1. The molecule has 2 unspecified atom stereocenters. The summed E-state index contributed by atoms with van der Waals surface area (Å²) in [5.74, 6) is -3.12. The van der Waals surface area contributed by atoms with Crippen LogP contribution in [0, 0.1) is 11.9 Å². The molecular formula is C25H26FN3O4. The Labute approximate surface area is 191 Å². The van der Waals surface area contributed by atoms with Crippen LogP contribution in [0.1, 0.15) is 18.1 Å². The largest absolute Gasteiger partial charge is 0.478 e. The predicted octanol–water partition coefficient (Wildman–Crippen LogP) is 3.13. The van der Waals surface area contributed by atoms with Crippen LogP contribution in [0.5, 0.6) is 0 Å². The molecule has 0 saturated carbocycles. The molecule has 2 N–H and O–H groups in total. The summed E-state index contributed by atoms with van der Waals surface area (Å²) in [5, 5.41) is 18.9. The molecule has 0 spiro atoms. The van der Waals surface area contributed by atoms with Crippen LogP contribution in [0.15, 0.2) is 54.4 Å². The van der Waals surface area contributed by atoms with Crippen molar-refractivity contribution in [3.8, 4) is 11.1 Å². The van der Waals surface area contributed by atoms with Gasteiger partial charge in [0.05, 0.1) is 6.08 Å². The summed E-state index contributed by atoms with van der Waals surface area (Å²) in [4.78, 5) is 30.7. The maximum Gasteiger partial charge on any atom is 0.352 e. The fourth-order valence-electron chi connectivity index (χ4n) is 4.94. The van der Waals surface area contributed by atoms with Crippen molar-refractivity contribution >= 4 is 17.5 Å². The Morgan fingerprint density at radius 1 is 1.21 bits per heavy atom. The van der Waals surface area contributed by atoms with E-state index in [1.54, 1.807) is 11.0 Å². The van der Waals surface area contributed by atoms with Crippen LogP contribution in [-0.4, -0.2) is 69.7 Å². The van der Waals surface area contributed by atoms with Crippen LogP contribution < -0.4 is 0 Å². The minimum atomic E-state index is -1.28. The molecule has 1 aliphatic heterocycles. The van der Waals surface area contributed by atoms with E-state index in [4.69, 9.17) is 0 Å². The van der Waals surface area contributed by atoms with Gasteiger partial charge in [-0.25, -0.2) is 14.6 Å². The average Bonchev–Trinajstić information content (AvgIpc) is 3.21. The lowest BCUT2D eigenvalue weighted by molar-refractivity contribution is -0.137. The van der Waals surface area contributed by atoms with E-state index in [1.165, 1.54) is 12.3 Å². The third-order valence-electron chi connectivity index (χ3n) is 6.53. The number of aliphatic carboxylic acids is 2. The van der Waals surface area contributed by atoms with Crippen molar-refractivity contribution in [3.63, 3.8) is 0 Å². The number of hydrogen-bond donors (Lipinski definition) is 2. The molecule has 172 valence electrons. The fraction of sp³-hybridized carbons (Fsp3) is 0.320. The lowest BCUT2D eigenvalue weighted by atomic mass is 9.85. The second-order valence-electron chi connectivity index (χ2n) is 8.55. The number of piperazine rings is 1. The molecule has 0 radical (unpaired) electrons. The van der Waals surface area contributed by atoms with Crippen molar-refractivity contribution in [2.45, 2.75) is 19.4 Å². The van der Waals surface area contributed by atoms with Gasteiger partial charge in [-0.3, -0.25) is 0 Å². The third kappa shape index (κ3) is 4.52. The number of carbonyl (C=O) groups is 2. The monoisotopic (exact) mass is 451 g/mol. The zero-order valence-electron chi connectivity index (χ0n) is 18.5. The van der Waals surface area contributed by atoms with E-state index >= 15 is 0 Å². The van der Waals surface area contributed by atoms with E-state index in [2.05, 4.69) is 22.9 Å². The van der Waals surface area contributed by atoms with Crippen LogP contribution >= 0.6 is 0 Å². The van der Waals surface area contributed by atoms with Crippen molar-refractivity contribution < 1.29 is 24.2 Å². The molecule has 2 aliphatic rings. The molecule has 8 heteroatoms. The molecule has 1 aromatic heterocycles. The fourth-order valence-corrected chi connectivity index (χ4v) is 4.94. The molecule has 2 heterocycles. The molecule has 33 heavy (non-hydrogen) atoms. The maximum absolute atomic E-state index is 13.7. The number of hydrogen-bond acceptors (Lipinski definition) is 5. The molecule has 1 fully saturated rings. The van der Waals surface area contributed by atoms with Crippen molar-refractivity contribution in [2.75, 3.05) is 26.7 Å². The molecule has 1 aromatic carbocycles. The lowest BCUT2D eigenvalue weighted by Crippen LogP contribution is -2.55. The van der Waals surface area contributed by atoms with Gasteiger partial charge in [0.25, 0.3) is 0 Å². The topological polar surface area (TPSA) is 94.0 Å². The van der Waals surface area contributed by atoms with Crippen molar-refractivity contribution in [1.82, 2.24) is 14.8 Å². The number of halogens is 1. The number of allylic oxidation sites excluding steroid dienone is 1. The number of rotatable bonds is 6. The Bertz CT molecular complexity index is 1160. The molecule has 1 aliphatic carbocycles. The van der Waals surface area contributed by atoms with Crippen molar-refractivity contribution in [2.24, 2.45) is 5.92 Å². The summed E-state index contributed by atoms with van der Waals surface area (Å²) in [6.07, 6.45) is 5.06. The van der Waals surface area contributed by atoms with E-state index in [-0.39, 0.29) is 17.7 Å². The van der Waals surface area contributed by atoms with E-state index < -0.39 is 17.9 Å². The molecule has 4 rings (SSSR count). The highest BCUT2D eigenvalue weighted by Crippen LogP contribution is 2.41. The first-order valence-electron chi connectivity index (χ1n) is 10.8. The molecular weight excluding hydrogens is 425 g/mol. The summed E-state index contributed by atoms with van der Waals surface area (Å²) >= 11 is 0. The smallest absolute Gasteiger partial charge is 0.352 e. The second-order valence-corrected chi connectivity index (χ2v) is 8.55. The molecule has 0 bridgehead atoms. The molecule has 0 amide bonds. The highest BCUT2D eigenvalue weighted by atomic mass is 19.1. The van der Waals surface area contributed by atoms with Gasteiger partial charge in [0.15, 0.2) is 0 Å². The average molecular weight is 451 g/mol. The number of pyridine rings is 1. The zero-order chi connectivity index (χ0) is 23.7. The van der Waals surface area contributed by atoms with E-state index in [0.717, 1.165) is 33.9 Å². The first-order valence-corrected chi connectivity index (χ1v) is 10.8. The predicted molar refractivity (Wildman–Crippen MR) is 122 cm³/mol. The Morgan fingerprint density at radius 3 is 2.67 bits per heavy atom. The minimum Gasteiger partial charge on any atom is -0.478 e. The highest BCUT2D eigenvalue weighted by Gasteiger charge is 2.36. The van der Waals surface area contributed by atoms with Gasteiger partial charge < -0.3 is 20.0 Å². The molecule has 2 atom stereocenters. The van der Waals surface area contributed by atoms with E-state index in [9.17, 15) is 24.2 Å². The van der Waals surface area contributed by atoms with Crippen LogP contribution in [0.3, 0.4) is 0 Å². The van der Waals surface area contributed by atoms with Crippen molar-refractivity contribution in [3.05, 3.63) is 71.5 Å². The summed E-state index contributed by atoms with van der Waals surface area (Å²) in [6, 6.07) is 8.93. The van der Waals surface area contributed by atoms with Crippen LogP contribution in [0.4, 0.5) is 4.39 Å². The lowest BCUT2D eigenvalue weighted by Gasteiger charge is -2.44. The van der Waals surface area contributed by atoms with Gasteiger partial charge in [-0.15, -0.1) is 0 Å². The number of likely N-dealkylation sites (N-methyl/N-ethyl adjacent to an activating group) is 1. The maximum atomic E-state index is 13.7. The summed E-state index contributed by atoms with van der Waals surface area (Å²) in [7, 11) is 1.98. The Balaban J connectivity index is 1.70. The van der Waals surface area contributed by atoms with Gasteiger partial charge in [-0.1, -0.05) is 31.2 Å². The summed E-state index contributed by atoms with van der Waals surface area (Å²) < 4.78 is 13.7. The quantitative estimate of drug-likeness (QED) is 0.515. The standard InChI is InChI=1S/C25H26FN3O4/c1-15(22-14-28(2)10-11-29(22)21(25(32)33)13-24(30)31)17-6-7-20-18(4-3-5-19(17)20)16-8-9-27-23(26)12-16/h3-6,8-9,12-13,15,22H,7,10-11,14H2,1-2H3,(H,30,31)(H,32,33)/b21-13-. The first-order chi connectivity index (χ1) is 15.8. The third-order valence-corrected chi connectivity index (χ3v) is 6.53. The zero-order valence-corrected chi connectivity index (χ0v) is 18.5. The Kier molecular flexibility index (Phi) is 6.29. The Hall–Kier alpha value is -3.52. The summed E-state index contributed by atoms with van der Waals surface area (Å²) in [5.41, 5.74) is 4.75. The molecule has 7 nitrogen and oxygen atoms in total. The number of nitrogens with zero attached hydrogens (tertiary/aromatic N) is 3. The van der Waals surface area contributed by atoms with Crippen LogP contribution in [-0.2, 0) is 16.0 Å². The molecule has 1 saturated heterocycles. The summed E-state index contributed by atoms with van der Waals surface area (Å²) in [6.45, 7) is 3.72. The number of benzene rings is 1. The SMILES string of the molecule is CC(C1=CCc2c1cccc2-c1ccnc(F)c1)C1CN(C)CCN1/C(=C\C(=O)O)C(=O)O. The van der Waals surface area contributed by atoms with Crippen LogP contribution in [0.25, 0.3) is 16.7 Å². The van der Waals surface area contributed by atoms with Gasteiger partial charge in [0.2, 0.25) is 5.95 Å². The normalized spacial score (nSPS) is 19.7. The van der Waals surface area contributed by atoms with E-state index in [1.807, 2.05) is 25.2 Å². The van der Waals surface area contributed by atoms with Gasteiger partial charge >= 0.3 is 11.9 Å². The van der Waals surface area contributed by atoms with Crippen LogP contribution in [0.2, 0.25) is 0 Å². The number of aromatic nitrogens is 1. The minimum absolute atomic E-state index is 0.0602. The van der Waals surface area contributed by atoms with E-state index in [0.29, 0.717) is 26.1 Å². The van der Waals surface area contributed by atoms with Gasteiger partial charge in [0.1, 0.15) is 5.70 Å². The van der Waals surface area contributed by atoms with Gasteiger partial charge in [0, 0.05) is 43.9 Å². The van der Waals surface area contributed by atoms with Crippen molar-refractivity contribution in [1.29, 1.82) is 0 Å². The number of carboxylic acid groups (broad SMARTS) is 2. The van der Waals surface area contributed by atoms with Gasteiger partial charge in [-0.2, -0.15) is 4.39 Å². The molecule has 2 aromatic rings. The number of carboxylic acids is 2. The highest BCUT2D eigenvalue weighted by molar-refractivity contribution is 5.94. The second kappa shape index (κ2) is 9.15. The van der Waals surface area contributed by atoms with Gasteiger partial charge in [-0.05, 0) is 47.4 Å².